The molecule has 176 valence electrons. The first kappa shape index (κ1) is 24.3. The van der Waals surface area contributed by atoms with E-state index in [1.54, 1.807) is 4.90 Å². The van der Waals surface area contributed by atoms with E-state index in [0.717, 1.165) is 11.1 Å². The number of alkyl carbamates (subject to hydrolysis) is 1. The summed E-state index contributed by atoms with van der Waals surface area (Å²) in [4.78, 5) is 37.6. The maximum atomic E-state index is 12.8. The average Bonchev–Trinajstić information content (AvgIpc) is 3.14. The summed E-state index contributed by atoms with van der Waals surface area (Å²) in [5.74, 6) is -1.35. The van der Waals surface area contributed by atoms with Crippen LogP contribution >= 0.6 is 0 Å². The number of carboxylic acids is 1. The highest BCUT2D eigenvalue weighted by Crippen LogP contribution is 2.44. The second-order valence-electron chi connectivity index (χ2n) is 8.23. The molecule has 1 aliphatic rings. The molecule has 33 heavy (non-hydrogen) atoms. The number of hydrogen-bond acceptors (Lipinski definition) is 4. The number of benzene rings is 2. The van der Waals surface area contributed by atoms with Gasteiger partial charge in [0.25, 0.3) is 0 Å². The molecule has 2 amide bonds. The molecule has 0 aliphatic heterocycles. The lowest BCUT2D eigenvalue weighted by atomic mass is 9.98. The highest BCUT2D eigenvalue weighted by Gasteiger charge is 2.29. The van der Waals surface area contributed by atoms with Gasteiger partial charge in [-0.2, -0.15) is 0 Å². The van der Waals surface area contributed by atoms with Crippen LogP contribution in [0.2, 0.25) is 0 Å². The van der Waals surface area contributed by atoms with E-state index in [-0.39, 0.29) is 37.3 Å². The number of fused-ring (bicyclic) bond motifs is 3. The van der Waals surface area contributed by atoms with Crippen molar-refractivity contribution in [3.8, 4) is 11.1 Å². The van der Waals surface area contributed by atoms with Crippen molar-refractivity contribution in [2.75, 3.05) is 26.2 Å². The topological polar surface area (TPSA) is 95.9 Å². The number of rotatable bonds is 11. The summed E-state index contributed by atoms with van der Waals surface area (Å²) in [6.07, 6.45) is 0.457. The Hall–Kier alpha value is -3.35. The van der Waals surface area contributed by atoms with E-state index < -0.39 is 12.1 Å². The van der Waals surface area contributed by atoms with Crippen molar-refractivity contribution in [2.24, 2.45) is 5.92 Å². The summed E-state index contributed by atoms with van der Waals surface area (Å²) in [7, 11) is 0. The number of nitrogens with one attached hydrogen (secondary N) is 1. The summed E-state index contributed by atoms with van der Waals surface area (Å²) in [6, 6.07) is 16.3. The van der Waals surface area contributed by atoms with Gasteiger partial charge in [-0.3, -0.25) is 9.59 Å². The zero-order chi connectivity index (χ0) is 23.8. The molecule has 0 saturated heterocycles. The van der Waals surface area contributed by atoms with Gasteiger partial charge in [0.2, 0.25) is 5.91 Å². The molecule has 0 saturated carbocycles. The normalized spacial score (nSPS) is 13.0. The van der Waals surface area contributed by atoms with Crippen LogP contribution in [0.3, 0.4) is 0 Å². The molecule has 0 aromatic heterocycles. The fourth-order valence-corrected chi connectivity index (χ4v) is 4.37. The van der Waals surface area contributed by atoms with E-state index in [9.17, 15) is 14.4 Å². The van der Waals surface area contributed by atoms with Crippen molar-refractivity contribution in [2.45, 2.75) is 39.0 Å². The number of hydrogen-bond donors (Lipinski definition) is 2. The highest BCUT2D eigenvalue weighted by molar-refractivity contribution is 5.80. The van der Waals surface area contributed by atoms with Gasteiger partial charge in [0, 0.05) is 32.0 Å². The van der Waals surface area contributed by atoms with Crippen molar-refractivity contribution >= 4 is 18.0 Å². The predicted octanol–water partition coefficient (Wildman–Crippen LogP) is 4.26. The lowest BCUT2D eigenvalue weighted by molar-refractivity contribution is -0.139. The largest absolute Gasteiger partial charge is 0.481 e. The van der Waals surface area contributed by atoms with Crippen LogP contribution in [0, 0.1) is 5.92 Å². The maximum Gasteiger partial charge on any atom is 0.407 e. The van der Waals surface area contributed by atoms with E-state index in [1.807, 2.05) is 38.1 Å². The van der Waals surface area contributed by atoms with Crippen molar-refractivity contribution < 1.29 is 24.2 Å². The Balaban J connectivity index is 1.53. The first-order chi connectivity index (χ1) is 16.0. The van der Waals surface area contributed by atoms with E-state index in [2.05, 4.69) is 29.6 Å². The molecule has 0 spiro atoms. The number of nitrogens with zero attached hydrogens (tertiary/aromatic N) is 1. The molecule has 0 fully saturated rings. The molecule has 0 bridgehead atoms. The quantitative estimate of drug-likeness (QED) is 0.531. The molecule has 0 heterocycles. The molecular weight excluding hydrogens is 420 g/mol. The fraction of sp³-hybridized carbons (Fsp3) is 0.423. The van der Waals surface area contributed by atoms with Gasteiger partial charge < -0.3 is 20.1 Å². The van der Waals surface area contributed by atoms with Gasteiger partial charge in [-0.05, 0) is 42.0 Å². The molecule has 7 heteroatoms. The molecule has 3 rings (SSSR count). The first-order valence-corrected chi connectivity index (χ1v) is 11.6. The van der Waals surface area contributed by atoms with E-state index in [0.29, 0.717) is 25.9 Å². The van der Waals surface area contributed by atoms with Crippen molar-refractivity contribution in [1.29, 1.82) is 0 Å². The van der Waals surface area contributed by atoms with E-state index >= 15 is 0 Å². The minimum Gasteiger partial charge on any atom is -0.481 e. The summed E-state index contributed by atoms with van der Waals surface area (Å²) >= 11 is 0. The number of carbonyl (C=O) groups is 3. The summed E-state index contributed by atoms with van der Waals surface area (Å²) in [5.41, 5.74) is 4.63. The second-order valence-corrected chi connectivity index (χ2v) is 8.23. The third kappa shape index (κ3) is 5.92. The van der Waals surface area contributed by atoms with Crippen molar-refractivity contribution in [3.63, 3.8) is 0 Å². The summed E-state index contributed by atoms with van der Waals surface area (Å²) in [5, 5.41) is 11.5. The Bertz CT molecular complexity index is 945. The highest BCUT2D eigenvalue weighted by atomic mass is 16.5. The molecule has 1 atom stereocenters. The van der Waals surface area contributed by atoms with Crippen molar-refractivity contribution in [3.05, 3.63) is 59.7 Å². The smallest absolute Gasteiger partial charge is 0.407 e. The number of carbonyl (C=O) groups excluding carboxylic acids is 2. The van der Waals surface area contributed by atoms with Crippen LogP contribution in [-0.2, 0) is 14.3 Å². The second kappa shape index (κ2) is 11.5. The van der Waals surface area contributed by atoms with Crippen LogP contribution in [0.25, 0.3) is 11.1 Å². The van der Waals surface area contributed by atoms with Gasteiger partial charge in [-0.25, -0.2) is 4.79 Å². The van der Waals surface area contributed by atoms with Crippen LogP contribution in [-0.4, -0.2) is 54.2 Å². The molecule has 7 nitrogen and oxygen atoms in total. The van der Waals surface area contributed by atoms with Crippen LogP contribution in [0.5, 0.6) is 0 Å². The third-order valence-electron chi connectivity index (χ3n) is 6.19. The zero-order valence-electron chi connectivity index (χ0n) is 19.3. The summed E-state index contributed by atoms with van der Waals surface area (Å²) in [6.45, 7) is 5.06. The summed E-state index contributed by atoms with van der Waals surface area (Å²) < 4.78 is 5.55. The average molecular weight is 453 g/mol. The molecular formula is C26H32N2O5. The Labute approximate surface area is 194 Å². The number of ether oxygens (including phenoxy) is 1. The van der Waals surface area contributed by atoms with Gasteiger partial charge in [-0.1, -0.05) is 55.5 Å². The van der Waals surface area contributed by atoms with Crippen LogP contribution in [0.4, 0.5) is 4.79 Å². The minimum atomic E-state index is -0.873. The molecule has 1 aliphatic carbocycles. The molecule has 2 N–H and O–H groups in total. The molecule has 0 radical (unpaired) electrons. The van der Waals surface area contributed by atoms with Crippen LogP contribution < -0.4 is 5.32 Å². The lowest BCUT2D eigenvalue weighted by Crippen LogP contribution is -2.42. The maximum absolute atomic E-state index is 12.8. The molecule has 1 unspecified atom stereocenters. The zero-order valence-corrected chi connectivity index (χ0v) is 19.3. The monoisotopic (exact) mass is 452 g/mol. The lowest BCUT2D eigenvalue weighted by Gasteiger charge is -2.26. The van der Waals surface area contributed by atoms with Crippen LogP contribution in [0.1, 0.15) is 50.2 Å². The minimum absolute atomic E-state index is 0.0171. The molecule has 2 aromatic carbocycles. The van der Waals surface area contributed by atoms with Gasteiger partial charge in [0.05, 0.1) is 5.92 Å². The van der Waals surface area contributed by atoms with Crippen molar-refractivity contribution in [1.82, 2.24) is 10.2 Å². The SMILES string of the molecule is CCC(CNC(=O)OCC1c2ccccc2-c2ccccc21)C(=O)N(CC)CCCC(=O)O. The van der Waals surface area contributed by atoms with E-state index in [1.165, 1.54) is 11.1 Å². The van der Waals surface area contributed by atoms with Gasteiger partial charge >= 0.3 is 12.1 Å². The Morgan fingerprint density at radius 3 is 2.18 bits per heavy atom. The first-order valence-electron chi connectivity index (χ1n) is 11.6. The van der Waals surface area contributed by atoms with Gasteiger partial charge in [0.1, 0.15) is 6.61 Å². The Kier molecular flexibility index (Phi) is 8.46. The van der Waals surface area contributed by atoms with E-state index in [4.69, 9.17) is 9.84 Å². The third-order valence-corrected chi connectivity index (χ3v) is 6.19. The number of amides is 2. The fourth-order valence-electron chi connectivity index (χ4n) is 4.37. The number of carboxylic acid groups (broad SMARTS) is 1. The predicted molar refractivity (Wildman–Crippen MR) is 126 cm³/mol. The standard InChI is InChI=1S/C26H32N2O5/c1-3-18(25(31)28(4-2)15-9-14-24(29)30)16-27-26(32)33-17-23-21-12-7-5-10-19(21)20-11-6-8-13-22(20)23/h5-8,10-13,18,23H,3-4,9,14-17H2,1-2H3,(H,27,32)(H,29,30). The van der Waals surface area contributed by atoms with Gasteiger partial charge in [-0.15, -0.1) is 0 Å². The van der Waals surface area contributed by atoms with Crippen LogP contribution in [0.15, 0.2) is 48.5 Å². The Morgan fingerprint density at radius 1 is 1.03 bits per heavy atom. The Morgan fingerprint density at radius 2 is 1.64 bits per heavy atom. The number of aliphatic carboxylic acids is 1. The molecule has 2 aromatic rings. The van der Waals surface area contributed by atoms with Gasteiger partial charge in [0.15, 0.2) is 0 Å².